The van der Waals surface area contributed by atoms with Crippen molar-refractivity contribution in [3.8, 4) is 0 Å². The normalized spacial score (nSPS) is 17.0. The minimum atomic E-state index is -0.192. The largest absolute Gasteiger partial charge is 0.353 e. The van der Waals surface area contributed by atoms with Crippen molar-refractivity contribution in [2.75, 3.05) is 5.75 Å². The number of carbonyl (C=O) groups excluding carboxylic acids is 1. The van der Waals surface area contributed by atoms with E-state index in [1.165, 1.54) is 35.0 Å². The minimum Gasteiger partial charge on any atom is -0.353 e. The van der Waals surface area contributed by atoms with Gasteiger partial charge in [-0.25, -0.2) is 4.79 Å². The van der Waals surface area contributed by atoms with Crippen molar-refractivity contribution in [2.45, 2.75) is 69.0 Å². The highest BCUT2D eigenvalue weighted by Gasteiger charge is 2.22. The number of amides is 1. The molecule has 0 radical (unpaired) electrons. The Labute approximate surface area is 167 Å². The van der Waals surface area contributed by atoms with Crippen molar-refractivity contribution in [1.29, 1.82) is 0 Å². The van der Waals surface area contributed by atoms with Crippen molar-refractivity contribution >= 4 is 29.0 Å². The Morgan fingerprint density at radius 2 is 2.07 bits per heavy atom. The maximum Gasteiger partial charge on any atom is 0.349 e. The highest BCUT2D eigenvalue weighted by atomic mass is 32.2. The molecule has 1 amide bonds. The molecule has 0 bridgehead atoms. The lowest BCUT2D eigenvalue weighted by atomic mass is 9.97. The molecule has 2 aromatic rings. The van der Waals surface area contributed by atoms with Gasteiger partial charge in [-0.05, 0) is 50.0 Å². The molecule has 144 valence electrons. The smallest absolute Gasteiger partial charge is 0.349 e. The van der Waals surface area contributed by atoms with Crippen LogP contribution >= 0.6 is 23.1 Å². The number of fused-ring (bicyclic) bond motifs is 1. The van der Waals surface area contributed by atoms with E-state index in [1.54, 1.807) is 11.3 Å². The van der Waals surface area contributed by atoms with Gasteiger partial charge in [0.25, 0.3) is 0 Å². The summed E-state index contributed by atoms with van der Waals surface area (Å²) in [5, 5.41) is 5.91. The lowest BCUT2D eigenvalue weighted by molar-refractivity contribution is -0.119. The molecule has 2 aliphatic carbocycles. The van der Waals surface area contributed by atoms with Crippen molar-refractivity contribution in [3.05, 3.63) is 44.1 Å². The van der Waals surface area contributed by atoms with Crippen molar-refractivity contribution < 1.29 is 4.79 Å². The van der Waals surface area contributed by atoms with Gasteiger partial charge in [0.1, 0.15) is 5.03 Å². The Bertz CT molecular complexity index is 855. The van der Waals surface area contributed by atoms with E-state index in [0.29, 0.717) is 18.3 Å². The summed E-state index contributed by atoms with van der Waals surface area (Å²) in [5.74, 6) is 0.394. The molecule has 2 aliphatic rings. The van der Waals surface area contributed by atoms with E-state index in [1.807, 2.05) is 16.0 Å². The van der Waals surface area contributed by atoms with E-state index in [2.05, 4.69) is 16.4 Å². The van der Waals surface area contributed by atoms with E-state index in [0.717, 1.165) is 49.2 Å². The van der Waals surface area contributed by atoms with Crippen LogP contribution in [-0.4, -0.2) is 27.3 Å². The molecule has 1 N–H and O–H groups in total. The Morgan fingerprint density at radius 1 is 1.26 bits per heavy atom. The Hall–Kier alpha value is -1.60. The first-order valence-electron chi connectivity index (χ1n) is 9.78. The average Bonchev–Trinajstić information content (AvgIpc) is 3.36. The second-order valence-corrected chi connectivity index (χ2v) is 9.33. The van der Waals surface area contributed by atoms with E-state index >= 15 is 0 Å². The summed E-state index contributed by atoms with van der Waals surface area (Å²) in [7, 11) is 0. The third-order valence-corrected chi connectivity index (χ3v) is 7.28. The standard InChI is InChI=1S/C20H25N3O2S2/c24-18(21-14-6-1-2-7-14)13-27-19-16-9-3-4-10-17(16)23(20(25)22-19)12-15-8-5-11-26-15/h5,8,11,14H,1-4,6-7,9-10,12-13H2,(H,21,24). The van der Waals surface area contributed by atoms with Gasteiger partial charge in [0.2, 0.25) is 5.91 Å². The average molecular weight is 404 g/mol. The molecule has 7 heteroatoms. The number of hydrogen-bond donors (Lipinski definition) is 1. The third kappa shape index (κ3) is 4.46. The van der Waals surface area contributed by atoms with Crippen LogP contribution in [0.15, 0.2) is 27.3 Å². The molecule has 0 spiro atoms. The minimum absolute atomic E-state index is 0.0565. The highest BCUT2D eigenvalue weighted by molar-refractivity contribution is 7.99. The quantitative estimate of drug-likeness (QED) is 0.593. The van der Waals surface area contributed by atoms with Crippen LogP contribution < -0.4 is 11.0 Å². The van der Waals surface area contributed by atoms with Crippen LogP contribution in [0.5, 0.6) is 0 Å². The Kier molecular flexibility index (Phi) is 5.98. The maximum absolute atomic E-state index is 12.7. The number of thioether (sulfide) groups is 1. The number of rotatable bonds is 6. The van der Waals surface area contributed by atoms with Crippen LogP contribution in [0.25, 0.3) is 0 Å². The van der Waals surface area contributed by atoms with Crippen LogP contribution in [0.2, 0.25) is 0 Å². The second kappa shape index (κ2) is 8.61. The molecule has 1 fully saturated rings. The summed E-state index contributed by atoms with van der Waals surface area (Å²) in [5.41, 5.74) is 2.10. The van der Waals surface area contributed by atoms with Crippen molar-refractivity contribution in [1.82, 2.24) is 14.9 Å². The van der Waals surface area contributed by atoms with Crippen LogP contribution in [0.4, 0.5) is 0 Å². The van der Waals surface area contributed by atoms with Crippen molar-refractivity contribution in [3.63, 3.8) is 0 Å². The molecule has 0 aliphatic heterocycles. The van der Waals surface area contributed by atoms with Crippen LogP contribution in [0, 0.1) is 0 Å². The number of carbonyl (C=O) groups is 1. The van der Waals surface area contributed by atoms with Gasteiger partial charge in [-0.15, -0.1) is 11.3 Å². The molecule has 0 aromatic carbocycles. The number of hydrogen-bond acceptors (Lipinski definition) is 5. The molecule has 27 heavy (non-hydrogen) atoms. The first-order valence-corrected chi connectivity index (χ1v) is 11.6. The van der Waals surface area contributed by atoms with Crippen molar-refractivity contribution in [2.24, 2.45) is 0 Å². The first-order chi connectivity index (χ1) is 13.2. The van der Waals surface area contributed by atoms with Gasteiger partial charge < -0.3 is 5.32 Å². The number of nitrogens with zero attached hydrogens (tertiary/aromatic N) is 2. The van der Waals surface area contributed by atoms with Gasteiger partial charge in [-0.1, -0.05) is 30.7 Å². The molecule has 2 heterocycles. The third-order valence-electron chi connectivity index (χ3n) is 5.41. The molecule has 0 unspecified atom stereocenters. The monoisotopic (exact) mass is 403 g/mol. The van der Waals surface area contributed by atoms with Gasteiger partial charge >= 0.3 is 5.69 Å². The molecular weight excluding hydrogens is 378 g/mol. The van der Waals surface area contributed by atoms with Gasteiger partial charge in [-0.3, -0.25) is 9.36 Å². The van der Waals surface area contributed by atoms with Gasteiger partial charge in [0, 0.05) is 22.2 Å². The summed E-state index contributed by atoms with van der Waals surface area (Å²) in [6.07, 6.45) is 8.66. The Balaban J connectivity index is 1.51. The van der Waals surface area contributed by atoms with Crippen LogP contribution in [0.1, 0.15) is 54.7 Å². The van der Waals surface area contributed by atoms with Gasteiger partial charge in [-0.2, -0.15) is 4.98 Å². The molecule has 1 saturated carbocycles. The highest BCUT2D eigenvalue weighted by Crippen LogP contribution is 2.29. The molecule has 4 rings (SSSR count). The van der Waals surface area contributed by atoms with Crippen LogP contribution in [-0.2, 0) is 24.2 Å². The SMILES string of the molecule is O=C(CSc1nc(=O)n(Cc2cccs2)c2c1CCCC2)NC1CCCC1. The molecule has 2 aromatic heterocycles. The molecular formula is C20H25N3O2S2. The van der Waals surface area contributed by atoms with E-state index in [9.17, 15) is 9.59 Å². The fourth-order valence-electron chi connectivity index (χ4n) is 4.06. The van der Waals surface area contributed by atoms with Crippen LogP contribution in [0.3, 0.4) is 0 Å². The topological polar surface area (TPSA) is 64.0 Å². The fourth-order valence-corrected chi connectivity index (χ4v) is 5.64. The zero-order valence-electron chi connectivity index (χ0n) is 15.4. The van der Waals surface area contributed by atoms with E-state index in [-0.39, 0.29) is 11.6 Å². The summed E-state index contributed by atoms with van der Waals surface area (Å²) in [4.78, 5) is 30.5. The lowest BCUT2D eigenvalue weighted by Crippen LogP contribution is -2.34. The molecule has 5 nitrogen and oxygen atoms in total. The second-order valence-electron chi connectivity index (χ2n) is 7.33. The summed E-state index contributed by atoms with van der Waals surface area (Å²) in [6, 6.07) is 4.40. The first kappa shape index (κ1) is 18.7. The Morgan fingerprint density at radius 3 is 2.85 bits per heavy atom. The summed E-state index contributed by atoms with van der Waals surface area (Å²) < 4.78 is 1.84. The lowest BCUT2D eigenvalue weighted by Gasteiger charge is -2.22. The zero-order valence-corrected chi connectivity index (χ0v) is 17.0. The summed E-state index contributed by atoms with van der Waals surface area (Å²) >= 11 is 3.09. The van der Waals surface area contributed by atoms with Gasteiger partial charge in [0.05, 0.1) is 12.3 Å². The number of aromatic nitrogens is 2. The predicted molar refractivity (Wildman–Crippen MR) is 110 cm³/mol. The zero-order chi connectivity index (χ0) is 18.6. The number of thiophene rings is 1. The predicted octanol–water partition coefficient (Wildman–Crippen LogP) is 3.38. The maximum atomic E-state index is 12.7. The van der Waals surface area contributed by atoms with E-state index < -0.39 is 0 Å². The summed E-state index contributed by atoms with van der Waals surface area (Å²) in [6.45, 7) is 0.596. The molecule has 0 atom stereocenters. The molecule has 0 saturated heterocycles. The van der Waals surface area contributed by atoms with E-state index in [4.69, 9.17) is 0 Å². The van der Waals surface area contributed by atoms with Gasteiger partial charge in [0.15, 0.2) is 0 Å². The number of nitrogens with one attached hydrogen (secondary N) is 1. The fraction of sp³-hybridized carbons (Fsp3) is 0.550.